The van der Waals surface area contributed by atoms with Crippen LogP contribution in [0.1, 0.15) is 5.69 Å². The van der Waals surface area contributed by atoms with Gasteiger partial charge in [0.25, 0.3) is 0 Å². The number of rotatable bonds is 3. The fourth-order valence-corrected chi connectivity index (χ4v) is 2.27. The van der Waals surface area contributed by atoms with Gasteiger partial charge in [0, 0.05) is 23.9 Å². The number of aryl methyl sites for hydroxylation is 1. The SMILES string of the molecule is Cn1cc(CSc2ccc(N)c(Cl)c2)nn1. The Morgan fingerprint density at radius 3 is 2.94 bits per heavy atom. The Labute approximate surface area is 103 Å². The molecule has 1 aromatic heterocycles. The summed E-state index contributed by atoms with van der Waals surface area (Å²) in [5.74, 6) is 0.772. The molecule has 0 spiro atoms. The highest BCUT2D eigenvalue weighted by molar-refractivity contribution is 7.98. The van der Waals surface area contributed by atoms with E-state index in [2.05, 4.69) is 10.3 Å². The molecule has 0 bridgehead atoms. The van der Waals surface area contributed by atoms with E-state index in [1.165, 1.54) is 0 Å². The van der Waals surface area contributed by atoms with E-state index in [1.807, 2.05) is 25.4 Å². The highest BCUT2D eigenvalue weighted by atomic mass is 35.5. The molecule has 84 valence electrons. The Balaban J connectivity index is 2.02. The standard InChI is InChI=1S/C10H11ClN4S/c1-15-5-7(13-14-15)6-16-8-2-3-10(12)9(11)4-8/h2-5H,6,12H2,1H3. The van der Waals surface area contributed by atoms with Crippen molar-refractivity contribution in [2.24, 2.45) is 7.05 Å². The maximum Gasteiger partial charge on any atom is 0.0929 e. The number of nitrogens with zero attached hydrogens (tertiary/aromatic N) is 3. The summed E-state index contributed by atoms with van der Waals surface area (Å²) < 4.78 is 1.69. The summed E-state index contributed by atoms with van der Waals surface area (Å²) in [5.41, 5.74) is 7.18. The van der Waals surface area contributed by atoms with E-state index in [9.17, 15) is 0 Å². The number of nitrogens with two attached hydrogens (primary N) is 1. The van der Waals surface area contributed by atoms with Crippen molar-refractivity contribution >= 4 is 29.1 Å². The molecule has 0 saturated carbocycles. The van der Waals surface area contributed by atoms with Gasteiger partial charge in [-0.05, 0) is 18.2 Å². The predicted molar refractivity (Wildman–Crippen MR) is 66.4 cm³/mol. The van der Waals surface area contributed by atoms with E-state index in [4.69, 9.17) is 17.3 Å². The molecule has 0 amide bonds. The van der Waals surface area contributed by atoms with Crippen molar-refractivity contribution in [2.75, 3.05) is 5.73 Å². The summed E-state index contributed by atoms with van der Waals surface area (Å²) in [6, 6.07) is 5.61. The van der Waals surface area contributed by atoms with Crippen LogP contribution in [-0.4, -0.2) is 15.0 Å². The monoisotopic (exact) mass is 254 g/mol. The molecule has 2 N–H and O–H groups in total. The molecule has 1 aromatic carbocycles. The van der Waals surface area contributed by atoms with E-state index >= 15 is 0 Å². The molecule has 0 aliphatic heterocycles. The molecular weight excluding hydrogens is 244 g/mol. The van der Waals surface area contributed by atoms with Crippen LogP contribution in [0.4, 0.5) is 5.69 Å². The van der Waals surface area contributed by atoms with Gasteiger partial charge in [-0.15, -0.1) is 16.9 Å². The molecule has 1 heterocycles. The van der Waals surface area contributed by atoms with Gasteiger partial charge in [0.15, 0.2) is 0 Å². The Hall–Kier alpha value is -1.20. The lowest BCUT2D eigenvalue weighted by molar-refractivity contribution is 0.714. The molecule has 16 heavy (non-hydrogen) atoms. The minimum absolute atomic E-state index is 0.587. The van der Waals surface area contributed by atoms with Crippen LogP contribution in [0, 0.1) is 0 Å². The van der Waals surface area contributed by atoms with Gasteiger partial charge in [0.2, 0.25) is 0 Å². The molecule has 0 saturated heterocycles. The Morgan fingerprint density at radius 1 is 1.50 bits per heavy atom. The number of hydrogen-bond donors (Lipinski definition) is 1. The molecule has 0 fully saturated rings. The molecule has 0 aliphatic carbocycles. The van der Waals surface area contributed by atoms with Gasteiger partial charge in [-0.3, -0.25) is 4.68 Å². The first-order valence-electron chi connectivity index (χ1n) is 4.68. The van der Waals surface area contributed by atoms with Gasteiger partial charge in [-0.2, -0.15) is 0 Å². The summed E-state index contributed by atoms with van der Waals surface area (Å²) in [7, 11) is 1.85. The maximum absolute atomic E-state index is 5.93. The maximum atomic E-state index is 5.93. The van der Waals surface area contributed by atoms with Crippen LogP contribution in [0.25, 0.3) is 0 Å². The van der Waals surface area contributed by atoms with Crippen LogP contribution >= 0.6 is 23.4 Å². The normalized spacial score (nSPS) is 10.6. The number of halogens is 1. The number of anilines is 1. The number of benzene rings is 1. The highest BCUT2D eigenvalue weighted by Crippen LogP contribution is 2.27. The van der Waals surface area contributed by atoms with Crippen molar-refractivity contribution in [3.05, 3.63) is 35.1 Å². The van der Waals surface area contributed by atoms with Gasteiger partial charge >= 0.3 is 0 Å². The van der Waals surface area contributed by atoms with Gasteiger partial charge in [0.05, 0.1) is 16.4 Å². The van der Waals surface area contributed by atoms with Gasteiger partial charge in [-0.25, -0.2) is 0 Å². The third-order valence-corrected chi connectivity index (χ3v) is 3.36. The number of hydrogen-bond acceptors (Lipinski definition) is 4. The summed E-state index contributed by atoms with van der Waals surface area (Å²) in [4.78, 5) is 1.07. The average Bonchev–Trinajstić information content (AvgIpc) is 2.66. The van der Waals surface area contributed by atoms with E-state index in [0.717, 1.165) is 16.3 Å². The summed E-state index contributed by atoms with van der Waals surface area (Å²) >= 11 is 7.58. The van der Waals surface area contributed by atoms with Crippen molar-refractivity contribution in [1.82, 2.24) is 15.0 Å². The molecular formula is C10H11ClN4S. The Bertz CT molecular complexity index is 497. The molecule has 2 rings (SSSR count). The van der Waals surface area contributed by atoms with Crippen LogP contribution < -0.4 is 5.73 Å². The molecule has 2 aromatic rings. The minimum Gasteiger partial charge on any atom is -0.398 e. The third-order valence-electron chi connectivity index (χ3n) is 2.01. The summed E-state index contributed by atoms with van der Waals surface area (Å²) in [5, 5.41) is 8.46. The Morgan fingerprint density at radius 2 is 2.31 bits per heavy atom. The predicted octanol–water partition coefficient (Wildman–Crippen LogP) is 2.34. The second-order valence-electron chi connectivity index (χ2n) is 3.36. The molecule has 0 aliphatic rings. The zero-order valence-electron chi connectivity index (χ0n) is 8.72. The van der Waals surface area contributed by atoms with E-state index in [-0.39, 0.29) is 0 Å². The van der Waals surface area contributed by atoms with E-state index in [0.29, 0.717) is 10.7 Å². The number of thioether (sulfide) groups is 1. The molecule has 4 nitrogen and oxygen atoms in total. The molecule has 0 unspecified atom stereocenters. The van der Waals surface area contributed by atoms with Gasteiger partial charge in [0.1, 0.15) is 0 Å². The van der Waals surface area contributed by atoms with Crippen molar-refractivity contribution in [3.63, 3.8) is 0 Å². The molecule has 6 heteroatoms. The zero-order valence-corrected chi connectivity index (χ0v) is 10.3. The van der Waals surface area contributed by atoms with Crippen molar-refractivity contribution in [1.29, 1.82) is 0 Å². The van der Waals surface area contributed by atoms with Crippen LogP contribution in [0.2, 0.25) is 5.02 Å². The lowest BCUT2D eigenvalue weighted by atomic mass is 10.3. The van der Waals surface area contributed by atoms with Crippen LogP contribution in [-0.2, 0) is 12.8 Å². The molecule has 0 atom stereocenters. The highest BCUT2D eigenvalue weighted by Gasteiger charge is 2.02. The van der Waals surface area contributed by atoms with Crippen molar-refractivity contribution in [3.8, 4) is 0 Å². The second kappa shape index (κ2) is 4.76. The van der Waals surface area contributed by atoms with E-state index in [1.54, 1.807) is 22.5 Å². The van der Waals surface area contributed by atoms with Crippen LogP contribution in [0.5, 0.6) is 0 Å². The third kappa shape index (κ3) is 2.68. The quantitative estimate of drug-likeness (QED) is 0.675. The first-order chi connectivity index (χ1) is 7.65. The smallest absolute Gasteiger partial charge is 0.0929 e. The second-order valence-corrected chi connectivity index (χ2v) is 4.81. The van der Waals surface area contributed by atoms with Gasteiger partial charge < -0.3 is 5.73 Å². The van der Waals surface area contributed by atoms with Crippen LogP contribution in [0.3, 0.4) is 0 Å². The average molecular weight is 255 g/mol. The number of aromatic nitrogens is 3. The largest absolute Gasteiger partial charge is 0.398 e. The lowest BCUT2D eigenvalue weighted by Crippen LogP contribution is -1.86. The summed E-state index contributed by atoms with van der Waals surface area (Å²) in [6.45, 7) is 0. The van der Waals surface area contributed by atoms with Crippen molar-refractivity contribution in [2.45, 2.75) is 10.6 Å². The van der Waals surface area contributed by atoms with E-state index < -0.39 is 0 Å². The van der Waals surface area contributed by atoms with Crippen LogP contribution in [0.15, 0.2) is 29.3 Å². The van der Waals surface area contributed by atoms with Gasteiger partial charge in [-0.1, -0.05) is 16.8 Å². The zero-order chi connectivity index (χ0) is 11.5. The Kier molecular flexibility index (Phi) is 3.36. The number of nitrogen functional groups attached to an aromatic ring is 1. The minimum atomic E-state index is 0.587. The lowest BCUT2D eigenvalue weighted by Gasteiger charge is -2.02. The molecule has 0 radical (unpaired) electrons. The fraction of sp³-hybridized carbons (Fsp3) is 0.200. The first-order valence-corrected chi connectivity index (χ1v) is 6.04. The summed E-state index contributed by atoms with van der Waals surface area (Å²) in [6.07, 6.45) is 1.89. The first kappa shape index (κ1) is 11.3. The van der Waals surface area contributed by atoms with Crippen molar-refractivity contribution < 1.29 is 0 Å². The fourth-order valence-electron chi connectivity index (χ4n) is 1.22. The topological polar surface area (TPSA) is 56.7 Å².